The lowest BCUT2D eigenvalue weighted by molar-refractivity contribution is 0.0504. The van der Waals surface area contributed by atoms with Gasteiger partial charge >= 0.3 is 6.09 Å². The second-order valence-electron chi connectivity index (χ2n) is 5.14. The first-order chi connectivity index (χ1) is 9.46. The van der Waals surface area contributed by atoms with Crippen LogP contribution in [0, 0.1) is 0 Å². The van der Waals surface area contributed by atoms with Gasteiger partial charge in [-0.25, -0.2) is 4.79 Å². The Bertz CT molecular complexity index is 549. The molecule has 1 amide bonds. The maximum Gasteiger partial charge on any atom is 0.408 e. The number of aromatic nitrogens is 3. The first-order valence-corrected chi connectivity index (χ1v) is 6.12. The number of amides is 1. The van der Waals surface area contributed by atoms with Crippen LogP contribution >= 0.6 is 0 Å². The number of carbonyl (C=O) groups excluding carboxylic acids is 1. The van der Waals surface area contributed by atoms with Crippen LogP contribution < -0.4 is 5.32 Å². The summed E-state index contributed by atoms with van der Waals surface area (Å²) in [6.07, 6.45) is 3.96. The lowest BCUT2D eigenvalue weighted by Gasteiger charge is -2.22. The van der Waals surface area contributed by atoms with Gasteiger partial charge in [0, 0.05) is 12.4 Å². The Hall–Kier alpha value is -2.44. The van der Waals surface area contributed by atoms with E-state index in [2.05, 4.69) is 20.4 Å². The molecule has 0 aliphatic rings. The molecular formula is C13H16N4O3. The van der Waals surface area contributed by atoms with Crippen molar-refractivity contribution in [2.75, 3.05) is 0 Å². The van der Waals surface area contributed by atoms with Crippen LogP contribution in [-0.4, -0.2) is 26.8 Å². The lowest BCUT2D eigenvalue weighted by Crippen LogP contribution is -2.35. The average Bonchev–Trinajstić information content (AvgIpc) is 2.88. The van der Waals surface area contributed by atoms with E-state index < -0.39 is 17.7 Å². The highest BCUT2D eigenvalue weighted by atomic mass is 16.6. The van der Waals surface area contributed by atoms with Crippen LogP contribution in [0.25, 0.3) is 0 Å². The number of carbonyl (C=O) groups is 1. The van der Waals surface area contributed by atoms with E-state index in [9.17, 15) is 4.79 Å². The molecule has 106 valence electrons. The molecule has 2 heterocycles. The third-order valence-electron chi connectivity index (χ3n) is 2.33. The fourth-order valence-electron chi connectivity index (χ4n) is 1.58. The first kappa shape index (κ1) is 14.0. The third-order valence-corrected chi connectivity index (χ3v) is 2.33. The second-order valence-corrected chi connectivity index (χ2v) is 5.14. The van der Waals surface area contributed by atoms with Gasteiger partial charge in [0.15, 0.2) is 6.33 Å². The standard InChI is InChI=1S/C13H16N4O3/c1-13(2,3)19-12(18)17-10(11-15-8-16-20-11)9-4-6-14-7-5-9/h4-8,10H,1-3H3,(H,17,18). The van der Waals surface area contributed by atoms with Crippen LogP contribution in [0.15, 0.2) is 35.4 Å². The van der Waals surface area contributed by atoms with Crippen LogP contribution in [0.1, 0.15) is 38.3 Å². The molecule has 20 heavy (non-hydrogen) atoms. The highest BCUT2D eigenvalue weighted by molar-refractivity contribution is 5.68. The van der Waals surface area contributed by atoms with Crippen molar-refractivity contribution in [3.63, 3.8) is 0 Å². The van der Waals surface area contributed by atoms with Crippen molar-refractivity contribution in [1.29, 1.82) is 0 Å². The molecule has 2 rings (SSSR count). The van der Waals surface area contributed by atoms with Crippen LogP contribution in [0.4, 0.5) is 4.79 Å². The number of rotatable bonds is 3. The summed E-state index contributed by atoms with van der Waals surface area (Å²) >= 11 is 0. The van der Waals surface area contributed by atoms with Gasteiger partial charge in [0.1, 0.15) is 11.6 Å². The van der Waals surface area contributed by atoms with Crippen molar-refractivity contribution in [2.24, 2.45) is 0 Å². The van der Waals surface area contributed by atoms with Gasteiger partial charge in [-0.15, -0.1) is 0 Å². The number of hydrogen-bond donors (Lipinski definition) is 1. The molecule has 0 aromatic carbocycles. The van der Waals surface area contributed by atoms with E-state index in [0.717, 1.165) is 5.56 Å². The smallest absolute Gasteiger partial charge is 0.408 e. The predicted octanol–water partition coefficient (Wildman–Crippen LogP) is 2.08. The monoisotopic (exact) mass is 276 g/mol. The summed E-state index contributed by atoms with van der Waals surface area (Å²) in [5.74, 6) is 0.280. The molecule has 7 heteroatoms. The minimum Gasteiger partial charge on any atom is -0.444 e. The molecule has 1 N–H and O–H groups in total. The van der Waals surface area contributed by atoms with E-state index in [1.165, 1.54) is 6.33 Å². The normalized spacial score (nSPS) is 12.8. The molecule has 0 fully saturated rings. The summed E-state index contributed by atoms with van der Waals surface area (Å²) in [5.41, 5.74) is 0.192. The summed E-state index contributed by atoms with van der Waals surface area (Å²) in [4.78, 5) is 19.8. The zero-order chi connectivity index (χ0) is 14.6. The van der Waals surface area contributed by atoms with Gasteiger partial charge < -0.3 is 14.6 Å². The van der Waals surface area contributed by atoms with Crippen LogP contribution in [0.5, 0.6) is 0 Å². The molecular weight excluding hydrogens is 260 g/mol. The number of pyridine rings is 1. The summed E-state index contributed by atoms with van der Waals surface area (Å²) < 4.78 is 10.3. The Morgan fingerprint density at radius 3 is 2.60 bits per heavy atom. The molecule has 1 atom stereocenters. The van der Waals surface area contributed by atoms with Gasteiger partial charge in [0.05, 0.1) is 0 Å². The predicted molar refractivity (Wildman–Crippen MR) is 69.7 cm³/mol. The minimum absolute atomic E-state index is 0.280. The molecule has 7 nitrogen and oxygen atoms in total. The molecule has 2 aromatic rings. The van der Waals surface area contributed by atoms with Crippen LogP contribution in [0.3, 0.4) is 0 Å². The van der Waals surface area contributed by atoms with E-state index >= 15 is 0 Å². The summed E-state index contributed by atoms with van der Waals surface area (Å²) in [5, 5.41) is 6.26. The van der Waals surface area contributed by atoms with Gasteiger partial charge in [-0.1, -0.05) is 5.16 Å². The molecule has 2 aromatic heterocycles. The zero-order valence-electron chi connectivity index (χ0n) is 11.5. The maximum atomic E-state index is 11.9. The van der Waals surface area contributed by atoms with Crippen molar-refractivity contribution in [3.05, 3.63) is 42.3 Å². The molecule has 0 aliphatic carbocycles. The van der Waals surface area contributed by atoms with E-state index in [1.54, 1.807) is 45.3 Å². The molecule has 0 radical (unpaired) electrons. The molecule has 0 saturated heterocycles. The first-order valence-electron chi connectivity index (χ1n) is 6.12. The summed E-state index contributed by atoms with van der Waals surface area (Å²) in [6, 6.07) is 2.94. The zero-order valence-corrected chi connectivity index (χ0v) is 11.5. The van der Waals surface area contributed by atoms with Crippen molar-refractivity contribution in [1.82, 2.24) is 20.4 Å². The highest BCUT2D eigenvalue weighted by Gasteiger charge is 2.25. The second kappa shape index (κ2) is 5.68. The van der Waals surface area contributed by atoms with E-state index in [4.69, 9.17) is 9.26 Å². The maximum absolute atomic E-state index is 11.9. The Labute approximate surface area is 116 Å². The number of hydrogen-bond acceptors (Lipinski definition) is 6. The van der Waals surface area contributed by atoms with Crippen LogP contribution in [-0.2, 0) is 4.74 Å². The molecule has 0 aliphatic heterocycles. The summed E-state index contributed by atoms with van der Waals surface area (Å²) in [7, 11) is 0. The Kier molecular flexibility index (Phi) is 3.97. The highest BCUT2D eigenvalue weighted by Crippen LogP contribution is 2.20. The van der Waals surface area contributed by atoms with Gasteiger partial charge in [-0.2, -0.15) is 4.98 Å². The van der Waals surface area contributed by atoms with Gasteiger partial charge in [0.2, 0.25) is 0 Å². The van der Waals surface area contributed by atoms with Crippen molar-refractivity contribution in [3.8, 4) is 0 Å². The number of alkyl carbamates (subject to hydrolysis) is 1. The fraction of sp³-hybridized carbons (Fsp3) is 0.385. The molecule has 0 saturated carbocycles. The van der Waals surface area contributed by atoms with E-state index in [-0.39, 0.29) is 5.89 Å². The molecule has 0 bridgehead atoms. The third kappa shape index (κ3) is 3.78. The minimum atomic E-state index is -0.582. The lowest BCUT2D eigenvalue weighted by atomic mass is 10.1. The van der Waals surface area contributed by atoms with Gasteiger partial charge in [-0.05, 0) is 38.5 Å². The van der Waals surface area contributed by atoms with Crippen molar-refractivity contribution in [2.45, 2.75) is 32.4 Å². The quantitative estimate of drug-likeness (QED) is 0.923. The SMILES string of the molecule is CC(C)(C)OC(=O)NC(c1ccncc1)c1ncno1. The Balaban J connectivity index is 2.19. The van der Waals surface area contributed by atoms with Gasteiger partial charge in [0.25, 0.3) is 5.89 Å². The summed E-state index contributed by atoms with van der Waals surface area (Å²) in [6.45, 7) is 5.38. The molecule has 1 unspecified atom stereocenters. The fourth-order valence-corrected chi connectivity index (χ4v) is 1.58. The number of nitrogens with zero attached hydrogens (tertiary/aromatic N) is 3. The number of nitrogens with one attached hydrogen (secondary N) is 1. The van der Waals surface area contributed by atoms with Gasteiger partial charge in [-0.3, -0.25) is 4.98 Å². The molecule has 0 spiro atoms. The Morgan fingerprint density at radius 2 is 2.05 bits per heavy atom. The number of ether oxygens (including phenoxy) is 1. The topological polar surface area (TPSA) is 90.1 Å². The van der Waals surface area contributed by atoms with Crippen LogP contribution in [0.2, 0.25) is 0 Å². The Morgan fingerprint density at radius 1 is 1.35 bits per heavy atom. The average molecular weight is 276 g/mol. The van der Waals surface area contributed by atoms with Crippen molar-refractivity contribution >= 4 is 6.09 Å². The van der Waals surface area contributed by atoms with E-state index in [1.807, 2.05) is 0 Å². The largest absolute Gasteiger partial charge is 0.444 e. The van der Waals surface area contributed by atoms with E-state index in [0.29, 0.717) is 0 Å². The van der Waals surface area contributed by atoms with Crippen molar-refractivity contribution < 1.29 is 14.1 Å².